The zero-order valence-corrected chi connectivity index (χ0v) is 10.1. The maximum absolute atomic E-state index is 11.2. The number of hydrogen-bond acceptors (Lipinski definition) is 3. The van der Waals surface area contributed by atoms with Crippen molar-refractivity contribution in [2.45, 2.75) is 32.6 Å². The van der Waals surface area contributed by atoms with Gasteiger partial charge in [-0.3, -0.25) is 10.7 Å². The minimum absolute atomic E-state index is 0.0648. The monoisotopic (exact) mass is 234 g/mol. The number of aryl methyl sites for hydroxylation is 1. The van der Waals surface area contributed by atoms with Gasteiger partial charge in [0.15, 0.2) is 0 Å². The lowest BCUT2D eigenvalue weighted by molar-refractivity contribution is 0.200. The van der Waals surface area contributed by atoms with Crippen LogP contribution >= 0.6 is 0 Å². The number of carbonyl (C=O) groups excluding carboxylic acids is 1. The Bertz CT molecular complexity index is 390. The van der Waals surface area contributed by atoms with E-state index >= 15 is 0 Å². The summed E-state index contributed by atoms with van der Waals surface area (Å²) in [4.78, 5) is 11.2. The zero-order chi connectivity index (χ0) is 12.3. The number of carbonyl (C=O) groups is 1. The molecule has 2 unspecified atom stereocenters. The molecule has 0 spiro atoms. The first-order chi connectivity index (χ1) is 8.15. The van der Waals surface area contributed by atoms with Gasteiger partial charge in [0, 0.05) is 6.54 Å². The normalized spacial score (nSPS) is 24.0. The number of urea groups is 1. The number of rotatable bonds is 3. The average Bonchev–Trinajstić information content (AvgIpc) is 2.32. The maximum atomic E-state index is 11.2. The molecule has 2 amide bonds. The van der Waals surface area contributed by atoms with Gasteiger partial charge in [0.05, 0.1) is 12.2 Å². The summed E-state index contributed by atoms with van der Waals surface area (Å²) in [6.07, 6.45) is -0.0648. The molecule has 0 radical (unpaired) electrons. The topological polar surface area (TPSA) is 65.2 Å². The minimum atomic E-state index is -0.204. The highest BCUT2D eigenvalue weighted by Gasteiger charge is 2.23. The predicted molar refractivity (Wildman–Crippen MR) is 66.1 cm³/mol. The second kappa shape index (κ2) is 5.16. The largest absolute Gasteiger partial charge is 0.330 e. The summed E-state index contributed by atoms with van der Waals surface area (Å²) < 4.78 is 0. The quantitative estimate of drug-likeness (QED) is 0.620. The molecule has 5 nitrogen and oxygen atoms in total. The van der Waals surface area contributed by atoms with E-state index in [4.69, 9.17) is 0 Å². The SMILES string of the molecule is Cc1ccc(CNC2NC(=O)NNC2C)cc1. The van der Waals surface area contributed by atoms with Crippen molar-refractivity contribution in [2.24, 2.45) is 0 Å². The van der Waals surface area contributed by atoms with Crippen molar-refractivity contribution in [3.8, 4) is 0 Å². The molecule has 0 aromatic heterocycles. The highest BCUT2D eigenvalue weighted by molar-refractivity contribution is 5.74. The molecule has 4 N–H and O–H groups in total. The van der Waals surface area contributed by atoms with Gasteiger partial charge in [-0.05, 0) is 19.4 Å². The van der Waals surface area contributed by atoms with Crippen LogP contribution < -0.4 is 21.5 Å². The van der Waals surface area contributed by atoms with Crippen molar-refractivity contribution >= 4 is 6.03 Å². The molecule has 1 aliphatic rings. The molecule has 92 valence electrons. The molecule has 2 rings (SSSR count). The third-order valence-corrected chi connectivity index (χ3v) is 2.85. The number of hydrogen-bond donors (Lipinski definition) is 4. The van der Waals surface area contributed by atoms with E-state index in [1.54, 1.807) is 0 Å². The van der Waals surface area contributed by atoms with E-state index in [0.717, 1.165) is 6.54 Å². The smallest absolute Gasteiger partial charge is 0.320 e. The van der Waals surface area contributed by atoms with Crippen LogP contribution in [0.2, 0.25) is 0 Å². The zero-order valence-electron chi connectivity index (χ0n) is 10.1. The number of benzene rings is 1. The molecule has 1 aromatic carbocycles. The first-order valence-electron chi connectivity index (χ1n) is 5.76. The fourth-order valence-corrected chi connectivity index (χ4v) is 1.73. The molecule has 2 atom stereocenters. The molecular formula is C12H18N4O. The lowest BCUT2D eigenvalue weighted by atomic mass is 10.1. The van der Waals surface area contributed by atoms with Crippen molar-refractivity contribution in [1.29, 1.82) is 0 Å². The number of amides is 2. The Balaban J connectivity index is 1.88. The molecule has 0 aliphatic carbocycles. The summed E-state index contributed by atoms with van der Waals surface area (Å²) >= 11 is 0. The fraction of sp³-hybridized carbons (Fsp3) is 0.417. The number of nitrogens with one attached hydrogen (secondary N) is 4. The molecular weight excluding hydrogens is 216 g/mol. The van der Waals surface area contributed by atoms with Crippen molar-refractivity contribution in [3.63, 3.8) is 0 Å². The van der Waals surface area contributed by atoms with Crippen molar-refractivity contribution in [2.75, 3.05) is 0 Å². The Morgan fingerprint density at radius 3 is 2.71 bits per heavy atom. The van der Waals surface area contributed by atoms with Crippen LogP contribution in [0.5, 0.6) is 0 Å². The van der Waals surface area contributed by atoms with E-state index < -0.39 is 0 Å². The molecule has 1 heterocycles. The molecule has 1 aliphatic heterocycles. The van der Waals surface area contributed by atoms with Crippen LogP contribution in [0.15, 0.2) is 24.3 Å². The van der Waals surface area contributed by atoms with Crippen LogP contribution in [0.1, 0.15) is 18.1 Å². The minimum Gasteiger partial charge on any atom is -0.320 e. The summed E-state index contributed by atoms with van der Waals surface area (Å²) in [6.45, 7) is 4.80. The summed E-state index contributed by atoms with van der Waals surface area (Å²) in [6, 6.07) is 8.27. The summed E-state index contributed by atoms with van der Waals surface area (Å²) in [5.41, 5.74) is 7.88. The molecule has 5 heteroatoms. The Morgan fingerprint density at radius 1 is 1.29 bits per heavy atom. The lowest BCUT2D eigenvalue weighted by Crippen LogP contribution is -2.67. The fourth-order valence-electron chi connectivity index (χ4n) is 1.73. The Morgan fingerprint density at radius 2 is 2.00 bits per heavy atom. The number of hydrazine groups is 1. The standard InChI is InChI=1S/C12H18N4O/c1-8-3-5-10(6-4-8)7-13-11-9(2)15-16-12(17)14-11/h3-6,9,11,13,15H,7H2,1-2H3,(H2,14,16,17). The van der Waals surface area contributed by atoms with E-state index in [9.17, 15) is 4.79 Å². The lowest BCUT2D eigenvalue weighted by Gasteiger charge is -2.32. The van der Waals surface area contributed by atoms with Gasteiger partial charge < -0.3 is 5.32 Å². The van der Waals surface area contributed by atoms with Crippen LogP contribution in [0, 0.1) is 6.92 Å². The van der Waals surface area contributed by atoms with E-state index in [2.05, 4.69) is 52.7 Å². The van der Waals surface area contributed by atoms with E-state index in [-0.39, 0.29) is 18.2 Å². The van der Waals surface area contributed by atoms with Crippen molar-refractivity contribution in [1.82, 2.24) is 21.5 Å². The predicted octanol–water partition coefficient (Wildman–Crippen LogP) is 0.617. The second-order valence-corrected chi connectivity index (χ2v) is 4.38. The maximum Gasteiger partial charge on any atom is 0.330 e. The van der Waals surface area contributed by atoms with E-state index in [1.165, 1.54) is 11.1 Å². The molecule has 0 bridgehead atoms. The van der Waals surface area contributed by atoms with Crippen LogP contribution in [0.25, 0.3) is 0 Å². The molecule has 1 saturated heterocycles. The van der Waals surface area contributed by atoms with Gasteiger partial charge in [-0.2, -0.15) is 0 Å². The summed E-state index contributed by atoms with van der Waals surface area (Å²) in [5.74, 6) is 0. The van der Waals surface area contributed by atoms with Gasteiger partial charge in [0.2, 0.25) is 0 Å². The highest BCUT2D eigenvalue weighted by Crippen LogP contribution is 2.03. The molecule has 1 fully saturated rings. The molecule has 17 heavy (non-hydrogen) atoms. The van der Waals surface area contributed by atoms with Crippen LogP contribution in [-0.4, -0.2) is 18.2 Å². The molecule has 1 aromatic rings. The third kappa shape index (κ3) is 3.18. The first-order valence-corrected chi connectivity index (χ1v) is 5.76. The Hall–Kier alpha value is -1.59. The van der Waals surface area contributed by atoms with Crippen LogP contribution in [0.4, 0.5) is 4.79 Å². The van der Waals surface area contributed by atoms with Gasteiger partial charge in [0.25, 0.3) is 0 Å². The van der Waals surface area contributed by atoms with Crippen molar-refractivity contribution < 1.29 is 4.79 Å². The van der Waals surface area contributed by atoms with Gasteiger partial charge in [-0.25, -0.2) is 10.2 Å². The Kier molecular flexibility index (Phi) is 3.61. The van der Waals surface area contributed by atoms with Crippen LogP contribution in [-0.2, 0) is 6.54 Å². The van der Waals surface area contributed by atoms with Gasteiger partial charge >= 0.3 is 6.03 Å². The highest BCUT2D eigenvalue weighted by atomic mass is 16.2. The van der Waals surface area contributed by atoms with Gasteiger partial charge in [-0.15, -0.1) is 0 Å². The van der Waals surface area contributed by atoms with E-state index in [0.29, 0.717) is 0 Å². The Labute approximate surface area is 101 Å². The van der Waals surface area contributed by atoms with Gasteiger partial charge in [0.1, 0.15) is 0 Å². The van der Waals surface area contributed by atoms with Gasteiger partial charge in [-0.1, -0.05) is 29.8 Å². The second-order valence-electron chi connectivity index (χ2n) is 4.38. The van der Waals surface area contributed by atoms with E-state index in [1.807, 2.05) is 6.92 Å². The average molecular weight is 234 g/mol. The summed E-state index contributed by atoms with van der Waals surface area (Å²) in [7, 11) is 0. The third-order valence-electron chi connectivity index (χ3n) is 2.85. The van der Waals surface area contributed by atoms with Crippen molar-refractivity contribution in [3.05, 3.63) is 35.4 Å². The molecule has 0 saturated carbocycles. The first kappa shape index (κ1) is 11.9. The summed E-state index contributed by atoms with van der Waals surface area (Å²) in [5, 5.41) is 6.13. The van der Waals surface area contributed by atoms with Crippen LogP contribution in [0.3, 0.4) is 0 Å².